The van der Waals surface area contributed by atoms with Crippen molar-refractivity contribution in [1.29, 1.82) is 0 Å². The molecule has 40 heavy (non-hydrogen) atoms. The SMILES string of the molecule is CCCOc1ccc(S(=O)(=O)N2CCN(CC)CC2)cc1-c1nc2c(CC)n(-c3ccccn3)nc2c(=O)n1C. The van der Waals surface area contributed by atoms with Crippen molar-refractivity contribution in [3.63, 3.8) is 0 Å². The van der Waals surface area contributed by atoms with E-state index in [1.54, 1.807) is 36.1 Å². The molecule has 4 heterocycles. The number of hydrogen-bond acceptors (Lipinski definition) is 8. The largest absolute Gasteiger partial charge is 0.493 e. The minimum Gasteiger partial charge on any atom is -0.493 e. The molecule has 1 aromatic carbocycles. The topological polar surface area (TPSA) is 115 Å². The van der Waals surface area contributed by atoms with E-state index < -0.39 is 10.0 Å². The van der Waals surface area contributed by atoms with Gasteiger partial charge in [0.2, 0.25) is 10.0 Å². The second-order valence-electron chi connectivity index (χ2n) is 9.74. The van der Waals surface area contributed by atoms with Crippen LogP contribution >= 0.6 is 0 Å². The highest BCUT2D eigenvalue weighted by Crippen LogP contribution is 2.33. The van der Waals surface area contributed by atoms with Gasteiger partial charge in [0.05, 0.1) is 22.8 Å². The number of hydrogen-bond donors (Lipinski definition) is 0. The number of nitrogens with zero attached hydrogens (tertiary/aromatic N) is 7. The summed E-state index contributed by atoms with van der Waals surface area (Å²) in [6.07, 6.45) is 3.00. The molecule has 0 amide bonds. The first kappa shape index (κ1) is 27.9. The lowest BCUT2D eigenvalue weighted by Gasteiger charge is -2.33. The molecule has 1 saturated heterocycles. The molecule has 0 N–H and O–H groups in total. The van der Waals surface area contributed by atoms with Crippen LogP contribution in [-0.4, -0.2) is 81.3 Å². The molecule has 12 heteroatoms. The molecule has 0 atom stereocenters. The third-order valence-corrected chi connectivity index (χ3v) is 9.16. The quantitative estimate of drug-likeness (QED) is 0.304. The number of aromatic nitrogens is 5. The van der Waals surface area contributed by atoms with Gasteiger partial charge >= 0.3 is 0 Å². The molecule has 212 valence electrons. The van der Waals surface area contributed by atoms with Crippen LogP contribution in [-0.2, 0) is 23.5 Å². The lowest BCUT2D eigenvalue weighted by Crippen LogP contribution is -2.48. The van der Waals surface area contributed by atoms with E-state index in [9.17, 15) is 13.2 Å². The third kappa shape index (κ3) is 5.02. The van der Waals surface area contributed by atoms with Crippen molar-refractivity contribution in [2.75, 3.05) is 39.3 Å². The van der Waals surface area contributed by atoms with E-state index in [-0.39, 0.29) is 16.0 Å². The summed E-state index contributed by atoms with van der Waals surface area (Å²) < 4.78 is 37.9. The number of pyridine rings is 1. The van der Waals surface area contributed by atoms with Crippen molar-refractivity contribution >= 4 is 21.1 Å². The highest BCUT2D eigenvalue weighted by molar-refractivity contribution is 7.89. The van der Waals surface area contributed by atoms with Gasteiger partial charge < -0.3 is 9.64 Å². The smallest absolute Gasteiger partial charge is 0.281 e. The Labute approximate surface area is 234 Å². The number of benzene rings is 1. The number of sulfonamides is 1. The molecule has 1 aliphatic rings. The van der Waals surface area contributed by atoms with Gasteiger partial charge in [0.25, 0.3) is 5.56 Å². The van der Waals surface area contributed by atoms with Crippen LogP contribution in [0.1, 0.15) is 32.9 Å². The van der Waals surface area contributed by atoms with Crippen molar-refractivity contribution < 1.29 is 13.2 Å². The fourth-order valence-corrected chi connectivity index (χ4v) is 6.44. The number of fused-ring (bicyclic) bond motifs is 1. The van der Waals surface area contributed by atoms with Gasteiger partial charge in [-0.1, -0.05) is 26.8 Å². The monoisotopic (exact) mass is 565 g/mol. The first-order valence-corrected chi connectivity index (χ1v) is 15.1. The highest BCUT2D eigenvalue weighted by Gasteiger charge is 2.30. The molecule has 1 fully saturated rings. The van der Waals surface area contributed by atoms with Gasteiger partial charge in [-0.05, 0) is 49.7 Å². The van der Waals surface area contributed by atoms with Crippen LogP contribution in [0.3, 0.4) is 0 Å². The molecule has 0 spiro atoms. The fourth-order valence-electron chi connectivity index (χ4n) is 4.99. The molecule has 3 aromatic heterocycles. The number of rotatable bonds is 9. The molecule has 1 aliphatic heterocycles. The van der Waals surface area contributed by atoms with Crippen molar-refractivity contribution in [2.24, 2.45) is 7.05 Å². The average molecular weight is 566 g/mol. The van der Waals surface area contributed by atoms with E-state index in [0.717, 1.165) is 18.7 Å². The number of likely N-dealkylation sites (N-methyl/N-ethyl adjacent to an activating group) is 1. The number of ether oxygens (including phenoxy) is 1. The lowest BCUT2D eigenvalue weighted by molar-refractivity contribution is 0.196. The van der Waals surface area contributed by atoms with Gasteiger partial charge in [-0.2, -0.15) is 9.40 Å². The zero-order valence-electron chi connectivity index (χ0n) is 23.4. The van der Waals surface area contributed by atoms with Gasteiger partial charge in [0, 0.05) is 39.4 Å². The van der Waals surface area contributed by atoms with Crippen molar-refractivity contribution in [3.8, 4) is 23.0 Å². The van der Waals surface area contributed by atoms with Crippen molar-refractivity contribution in [1.82, 2.24) is 33.5 Å². The molecule has 11 nitrogen and oxygen atoms in total. The molecular formula is C28H35N7O4S. The first-order chi connectivity index (χ1) is 19.3. The summed E-state index contributed by atoms with van der Waals surface area (Å²) >= 11 is 0. The highest BCUT2D eigenvalue weighted by atomic mass is 32.2. The Hall–Kier alpha value is -3.61. The molecule has 0 aliphatic carbocycles. The Balaban J connectivity index is 1.67. The van der Waals surface area contributed by atoms with Crippen molar-refractivity contribution in [2.45, 2.75) is 38.5 Å². The van der Waals surface area contributed by atoms with Crippen LogP contribution in [0.15, 0.2) is 52.3 Å². The standard InChI is InChI=1S/C28H35N7O4S/c1-5-18-39-23-12-11-20(40(37,38)34-16-14-33(7-3)15-17-34)19-21(23)27-30-25-22(6-2)35(24-10-8-9-13-29-24)31-26(25)28(36)32(27)4/h8-13,19H,5-7,14-18H2,1-4H3. The number of aryl methyl sites for hydroxylation is 1. The predicted octanol–water partition coefficient (Wildman–Crippen LogP) is 2.86. The van der Waals surface area contributed by atoms with Gasteiger partial charge in [-0.15, -0.1) is 0 Å². The maximum absolute atomic E-state index is 13.7. The molecule has 0 bridgehead atoms. The van der Waals surface area contributed by atoms with E-state index in [0.29, 0.717) is 67.7 Å². The van der Waals surface area contributed by atoms with E-state index in [1.807, 2.05) is 32.0 Å². The van der Waals surface area contributed by atoms with Gasteiger partial charge in [-0.25, -0.2) is 23.1 Å². The van der Waals surface area contributed by atoms with Crippen LogP contribution in [0.25, 0.3) is 28.2 Å². The Bertz CT molecular complexity index is 1670. The third-order valence-electron chi connectivity index (χ3n) is 7.27. The van der Waals surface area contributed by atoms with Gasteiger partial charge in [0.1, 0.15) is 17.1 Å². The maximum Gasteiger partial charge on any atom is 0.281 e. The van der Waals surface area contributed by atoms with E-state index in [4.69, 9.17) is 9.72 Å². The zero-order valence-corrected chi connectivity index (χ0v) is 24.2. The Kier molecular flexibility index (Phi) is 8.02. The number of piperazine rings is 1. The van der Waals surface area contributed by atoms with Crippen LogP contribution in [0, 0.1) is 0 Å². The van der Waals surface area contributed by atoms with Gasteiger partial charge in [0.15, 0.2) is 11.3 Å². The minimum absolute atomic E-state index is 0.144. The molecule has 5 rings (SSSR count). The van der Waals surface area contributed by atoms with E-state index in [2.05, 4.69) is 21.9 Å². The van der Waals surface area contributed by atoms with E-state index >= 15 is 0 Å². The predicted molar refractivity (Wildman–Crippen MR) is 153 cm³/mol. The normalized spacial score (nSPS) is 15.1. The minimum atomic E-state index is -3.76. The summed E-state index contributed by atoms with van der Waals surface area (Å²) in [4.78, 5) is 25.3. The van der Waals surface area contributed by atoms with Crippen molar-refractivity contribution in [3.05, 3.63) is 58.6 Å². The average Bonchev–Trinajstić information content (AvgIpc) is 3.37. The summed E-state index contributed by atoms with van der Waals surface area (Å²) in [5.41, 5.74) is 1.52. The molecule has 0 unspecified atom stereocenters. The van der Waals surface area contributed by atoms with Crippen LogP contribution in [0.4, 0.5) is 0 Å². The summed E-state index contributed by atoms with van der Waals surface area (Å²) in [6.45, 7) is 9.59. The Morgan fingerprint density at radius 3 is 2.42 bits per heavy atom. The zero-order chi connectivity index (χ0) is 28.4. The summed E-state index contributed by atoms with van der Waals surface area (Å²) in [5, 5.41) is 4.57. The molecule has 0 saturated carbocycles. The fraction of sp³-hybridized carbons (Fsp3) is 0.429. The molecule has 0 radical (unpaired) electrons. The Morgan fingerprint density at radius 2 is 1.77 bits per heavy atom. The molecule has 4 aromatic rings. The lowest BCUT2D eigenvalue weighted by atomic mass is 10.1. The van der Waals surface area contributed by atoms with Gasteiger partial charge in [-0.3, -0.25) is 9.36 Å². The van der Waals surface area contributed by atoms with Crippen LogP contribution in [0.2, 0.25) is 0 Å². The van der Waals surface area contributed by atoms with Crippen LogP contribution < -0.4 is 10.3 Å². The summed E-state index contributed by atoms with van der Waals surface area (Å²) in [7, 11) is -2.15. The second-order valence-corrected chi connectivity index (χ2v) is 11.7. The summed E-state index contributed by atoms with van der Waals surface area (Å²) in [6, 6.07) is 10.3. The molecular weight excluding hydrogens is 530 g/mol. The first-order valence-electron chi connectivity index (χ1n) is 13.7. The Morgan fingerprint density at radius 1 is 1.00 bits per heavy atom. The maximum atomic E-state index is 13.7. The van der Waals surface area contributed by atoms with Crippen LogP contribution in [0.5, 0.6) is 5.75 Å². The second kappa shape index (κ2) is 11.5. The van der Waals surface area contributed by atoms with E-state index in [1.165, 1.54) is 8.87 Å². The summed E-state index contributed by atoms with van der Waals surface area (Å²) in [5.74, 6) is 1.37.